The zero-order chi connectivity index (χ0) is 30.0. The second kappa shape index (κ2) is 10.7. The van der Waals surface area contributed by atoms with Gasteiger partial charge in [0, 0.05) is 30.3 Å². The summed E-state index contributed by atoms with van der Waals surface area (Å²) < 4.78 is 13.0. The van der Waals surface area contributed by atoms with E-state index in [9.17, 15) is 0 Å². The van der Waals surface area contributed by atoms with Crippen molar-refractivity contribution < 1.29 is 9.47 Å². The Bertz CT molecular complexity index is 1880. The van der Waals surface area contributed by atoms with E-state index in [0.717, 1.165) is 33.8 Å². The molecule has 11 nitrogen and oxygen atoms in total. The summed E-state index contributed by atoms with van der Waals surface area (Å²) in [6.45, 7) is 3.91. The molecule has 2 aliphatic heterocycles. The Morgan fingerprint density at radius 2 is 1.19 bits per heavy atom. The molecule has 43 heavy (non-hydrogen) atoms. The van der Waals surface area contributed by atoms with Crippen LogP contribution in [-0.4, -0.2) is 60.6 Å². The first-order valence-corrected chi connectivity index (χ1v) is 14.5. The molecule has 3 aromatic rings. The number of rotatable bonds is 4. The highest BCUT2D eigenvalue weighted by Crippen LogP contribution is 2.52. The highest BCUT2D eigenvalue weighted by atomic mass is 35.5. The minimum absolute atomic E-state index is 0.00593. The number of hydrogen-bond donors (Lipinski definition) is 0. The zero-order valence-electron chi connectivity index (χ0n) is 22.7. The quantitative estimate of drug-likeness (QED) is 0.319. The van der Waals surface area contributed by atoms with Crippen molar-refractivity contribution in [3.05, 3.63) is 85.8 Å². The summed E-state index contributed by atoms with van der Waals surface area (Å²) in [7, 11) is 1.80. The maximum absolute atomic E-state index is 6.53. The van der Waals surface area contributed by atoms with Crippen LogP contribution < -0.4 is 14.4 Å². The molecule has 1 aromatic carbocycles. The smallest absolute Gasteiger partial charge is 0.235 e. The van der Waals surface area contributed by atoms with E-state index in [0.29, 0.717) is 41.1 Å². The van der Waals surface area contributed by atoms with Crippen molar-refractivity contribution in [3.8, 4) is 11.5 Å². The van der Waals surface area contributed by atoms with E-state index in [1.807, 2.05) is 50.3 Å². The molecule has 2 atom stereocenters. The maximum atomic E-state index is 6.53. The zero-order valence-corrected chi connectivity index (χ0v) is 25.7. The molecule has 0 N–H and O–H groups in total. The number of fused-ring (bicyclic) bond motifs is 4. The van der Waals surface area contributed by atoms with Gasteiger partial charge in [-0.25, -0.2) is 20.0 Å². The topological polar surface area (TPSA) is 124 Å². The van der Waals surface area contributed by atoms with Crippen LogP contribution in [-0.2, 0) is 6.42 Å². The first-order valence-electron chi connectivity index (χ1n) is 13.0. The third-order valence-corrected chi connectivity index (χ3v) is 7.88. The van der Waals surface area contributed by atoms with E-state index >= 15 is 0 Å². The molecule has 0 spiro atoms. The molecule has 4 aliphatic rings. The van der Waals surface area contributed by atoms with Crippen LogP contribution in [0.25, 0.3) is 0 Å². The van der Waals surface area contributed by atoms with Gasteiger partial charge in [0.15, 0.2) is 23.7 Å². The van der Waals surface area contributed by atoms with Crippen molar-refractivity contribution in [3.63, 3.8) is 0 Å². The number of allylic oxidation sites excluding steroid dienone is 3. The number of halogens is 4. The van der Waals surface area contributed by atoms with Crippen LogP contribution in [0.3, 0.4) is 0 Å². The number of likely N-dealkylation sites (N-methyl/N-ethyl adjacent to an activating group) is 1. The van der Waals surface area contributed by atoms with Crippen molar-refractivity contribution in [1.29, 1.82) is 0 Å². The summed E-state index contributed by atoms with van der Waals surface area (Å²) in [4.78, 5) is 36.0. The molecule has 4 heterocycles. The van der Waals surface area contributed by atoms with Gasteiger partial charge in [0.05, 0.1) is 11.4 Å². The summed E-state index contributed by atoms with van der Waals surface area (Å²) in [6, 6.07) is 0. The summed E-state index contributed by atoms with van der Waals surface area (Å²) in [5.74, 6) is 2.08. The average Bonchev–Trinajstić information content (AvgIpc) is 2.96. The Hall–Kier alpha value is -3.90. The second-order valence-electron chi connectivity index (χ2n) is 9.95. The van der Waals surface area contributed by atoms with Gasteiger partial charge in [0.25, 0.3) is 0 Å². The van der Waals surface area contributed by atoms with Crippen LogP contribution in [0.15, 0.2) is 57.7 Å². The molecule has 216 valence electrons. The molecule has 7 rings (SSSR count). The highest BCUT2D eigenvalue weighted by Gasteiger charge is 2.34. The lowest BCUT2D eigenvalue weighted by Crippen LogP contribution is -2.33. The molecule has 2 aliphatic carbocycles. The molecule has 0 bridgehead atoms. The third kappa shape index (κ3) is 5.16. The molecule has 2 unspecified atom stereocenters. The molecular formula is C28H19Cl4N9O2. The minimum Gasteiger partial charge on any atom is -0.477 e. The van der Waals surface area contributed by atoms with Crippen molar-refractivity contribution in [2.45, 2.75) is 32.5 Å². The van der Waals surface area contributed by atoms with Gasteiger partial charge in [-0.1, -0.05) is 6.08 Å². The normalized spacial score (nSPS) is 19.4. The molecule has 0 saturated carbocycles. The van der Waals surface area contributed by atoms with Crippen molar-refractivity contribution in [2.24, 2.45) is 9.98 Å². The van der Waals surface area contributed by atoms with E-state index < -0.39 is 12.2 Å². The van der Waals surface area contributed by atoms with Gasteiger partial charge < -0.3 is 14.4 Å². The summed E-state index contributed by atoms with van der Waals surface area (Å²) in [5.41, 5.74) is 6.31. The predicted molar refractivity (Wildman–Crippen MR) is 165 cm³/mol. The SMILES string of the molecule is Cc1c2c(c(C)c3c1OC1C=C(Cc4nc(Cl)nc(Cl)n4)C=CC1=N3)OC1C=C(N(C)c3nc(Cl)nc(Cl)n3)C=CC1=N2. The molecule has 15 heteroatoms. The van der Waals surface area contributed by atoms with Gasteiger partial charge in [-0.05, 0) is 96.2 Å². The molecule has 0 saturated heterocycles. The lowest BCUT2D eigenvalue weighted by molar-refractivity contribution is 0.295. The molecular weight excluding hydrogens is 636 g/mol. The highest BCUT2D eigenvalue weighted by molar-refractivity contribution is 6.31. The number of benzene rings is 1. The van der Waals surface area contributed by atoms with E-state index in [1.54, 1.807) is 11.9 Å². The summed E-state index contributed by atoms with van der Waals surface area (Å²) in [5, 5.41) is 0.107. The van der Waals surface area contributed by atoms with Crippen molar-refractivity contribution >= 4 is 75.2 Å². The Morgan fingerprint density at radius 3 is 1.77 bits per heavy atom. The fourth-order valence-corrected chi connectivity index (χ4v) is 5.86. The van der Waals surface area contributed by atoms with E-state index in [2.05, 4.69) is 29.9 Å². The maximum Gasteiger partial charge on any atom is 0.235 e. The third-order valence-electron chi connectivity index (χ3n) is 7.20. The number of aliphatic imine (C=N–C) groups is 2. The Kier molecular flexibility index (Phi) is 6.93. The van der Waals surface area contributed by atoms with E-state index in [1.165, 1.54) is 0 Å². The van der Waals surface area contributed by atoms with Crippen LogP contribution in [0.2, 0.25) is 21.1 Å². The fraction of sp³-hybridized carbons (Fsp3) is 0.214. The van der Waals surface area contributed by atoms with E-state index in [4.69, 9.17) is 65.9 Å². The first kappa shape index (κ1) is 27.9. The van der Waals surface area contributed by atoms with Gasteiger partial charge in [-0.3, -0.25) is 0 Å². The number of nitrogens with zero attached hydrogens (tertiary/aromatic N) is 9. The largest absolute Gasteiger partial charge is 0.477 e. The summed E-state index contributed by atoms with van der Waals surface area (Å²) >= 11 is 23.9. The monoisotopic (exact) mass is 653 g/mol. The van der Waals surface area contributed by atoms with Crippen molar-refractivity contribution in [1.82, 2.24) is 29.9 Å². The van der Waals surface area contributed by atoms with Gasteiger partial charge in [0.1, 0.15) is 17.2 Å². The summed E-state index contributed by atoms with van der Waals surface area (Å²) in [6.07, 6.45) is 11.2. The Morgan fingerprint density at radius 1 is 0.674 bits per heavy atom. The number of aromatic nitrogens is 6. The van der Waals surface area contributed by atoms with Crippen LogP contribution in [0.5, 0.6) is 11.5 Å². The lowest BCUT2D eigenvalue weighted by atomic mass is 9.96. The number of hydrogen-bond acceptors (Lipinski definition) is 11. The molecule has 2 aromatic heterocycles. The number of ether oxygens (including phenoxy) is 2. The van der Waals surface area contributed by atoms with E-state index in [-0.39, 0.29) is 21.1 Å². The predicted octanol–water partition coefficient (Wildman–Crippen LogP) is 6.28. The van der Waals surface area contributed by atoms with Crippen LogP contribution in [0, 0.1) is 13.8 Å². The number of anilines is 1. The molecule has 0 radical (unpaired) electrons. The molecule has 0 fully saturated rings. The minimum atomic E-state index is -0.443. The van der Waals surface area contributed by atoms with Gasteiger partial charge in [0.2, 0.25) is 27.1 Å². The van der Waals surface area contributed by atoms with Gasteiger partial charge in [-0.2, -0.15) is 19.9 Å². The molecule has 0 amide bonds. The average molecular weight is 655 g/mol. The van der Waals surface area contributed by atoms with Gasteiger partial charge in [-0.15, -0.1) is 0 Å². The first-order chi connectivity index (χ1) is 20.6. The van der Waals surface area contributed by atoms with Crippen LogP contribution >= 0.6 is 46.4 Å². The fourth-order valence-electron chi connectivity index (χ4n) is 5.10. The Balaban J connectivity index is 1.18. The van der Waals surface area contributed by atoms with Gasteiger partial charge >= 0.3 is 0 Å². The van der Waals surface area contributed by atoms with Crippen LogP contribution in [0.1, 0.15) is 17.0 Å². The van der Waals surface area contributed by atoms with Crippen molar-refractivity contribution in [2.75, 3.05) is 11.9 Å². The standard InChI is InChI=1S/C28H19Cl4N9O2/c1-11-21-23(43-18-10-14(5-7-16(18)34-21)41(3)28-39-26(31)38-27(32)40-28)12(2)20-22(11)42-17-8-13(4-6-15(17)33-20)9-19-35-24(29)37-25(30)36-19/h4-8,10,17-18H,9H2,1-3H3. The van der Waals surface area contributed by atoms with Crippen LogP contribution in [0.4, 0.5) is 17.3 Å². The Labute approximate surface area is 265 Å². The lowest BCUT2D eigenvalue weighted by Gasteiger charge is -2.33. The second-order valence-corrected chi connectivity index (χ2v) is 11.3.